The molecule has 0 aliphatic carbocycles. The number of pyridine rings is 1. The number of H-pyrrole nitrogens is 1. The predicted octanol–water partition coefficient (Wildman–Crippen LogP) is 5.25. The Labute approximate surface area is 131 Å². The molecule has 0 saturated heterocycles. The molecule has 3 rings (SSSR count). The van der Waals surface area contributed by atoms with E-state index in [1.165, 1.54) is 22.0 Å². The van der Waals surface area contributed by atoms with Crippen molar-refractivity contribution in [2.24, 2.45) is 0 Å². The Hall–Kier alpha value is -2.02. The summed E-state index contributed by atoms with van der Waals surface area (Å²) in [5, 5.41) is 2.10. The SMILES string of the molecule is CC.Cc1cc2sccc2[nH]1.Nc1cccnc1C(F)(F)F. The van der Waals surface area contributed by atoms with Gasteiger partial charge < -0.3 is 10.7 Å². The van der Waals surface area contributed by atoms with Gasteiger partial charge in [-0.3, -0.25) is 0 Å². The molecule has 22 heavy (non-hydrogen) atoms. The van der Waals surface area contributed by atoms with Crippen LogP contribution in [0.5, 0.6) is 0 Å². The molecule has 0 radical (unpaired) electrons. The summed E-state index contributed by atoms with van der Waals surface area (Å²) in [4.78, 5) is 6.35. The number of aryl methyl sites for hydroxylation is 1. The van der Waals surface area contributed by atoms with Crippen molar-refractivity contribution in [2.45, 2.75) is 26.9 Å². The van der Waals surface area contributed by atoms with Crippen molar-refractivity contribution >= 4 is 27.2 Å². The first-order valence-corrected chi connectivity index (χ1v) is 7.56. The molecule has 7 heteroatoms. The summed E-state index contributed by atoms with van der Waals surface area (Å²) >= 11 is 1.78. The fraction of sp³-hybridized carbons (Fsp3) is 0.267. The van der Waals surface area contributed by atoms with Gasteiger partial charge in [0.1, 0.15) is 0 Å². The molecular formula is C15H18F3N3S. The number of nitrogen functional groups attached to an aromatic ring is 1. The summed E-state index contributed by atoms with van der Waals surface area (Å²) in [5.74, 6) is 0. The molecule has 0 fully saturated rings. The zero-order valence-corrected chi connectivity index (χ0v) is 13.3. The van der Waals surface area contributed by atoms with Crippen LogP contribution in [0.4, 0.5) is 18.9 Å². The van der Waals surface area contributed by atoms with Crippen molar-refractivity contribution in [3.63, 3.8) is 0 Å². The number of fused-ring (bicyclic) bond motifs is 1. The van der Waals surface area contributed by atoms with Gasteiger partial charge in [0.2, 0.25) is 0 Å². The lowest BCUT2D eigenvalue weighted by Crippen LogP contribution is -2.10. The van der Waals surface area contributed by atoms with Crippen LogP contribution < -0.4 is 5.73 Å². The van der Waals surface area contributed by atoms with Crippen LogP contribution in [-0.4, -0.2) is 9.97 Å². The number of alkyl halides is 3. The minimum Gasteiger partial charge on any atom is -0.397 e. The van der Waals surface area contributed by atoms with Crippen molar-refractivity contribution in [2.75, 3.05) is 5.73 Å². The minimum absolute atomic E-state index is 0.347. The molecule has 0 spiro atoms. The van der Waals surface area contributed by atoms with E-state index in [-0.39, 0.29) is 5.69 Å². The molecule has 0 aliphatic heterocycles. The summed E-state index contributed by atoms with van der Waals surface area (Å²) in [6.07, 6.45) is -3.40. The number of rotatable bonds is 0. The van der Waals surface area contributed by atoms with E-state index >= 15 is 0 Å². The quantitative estimate of drug-likeness (QED) is 0.592. The van der Waals surface area contributed by atoms with Crippen molar-refractivity contribution < 1.29 is 13.2 Å². The average Bonchev–Trinajstić information content (AvgIpc) is 3.01. The summed E-state index contributed by atoms with van der Waals surface area (Å²) in [6, 6.07) is 6.79. The number of aromatic amines is 1. The first-order chi connectivity index (χ1) is 10.4. The lowest BCUT2D eigenvalue weighted by molar-refractivity contribution is -0.140. The van der Waals surface area contributed by atoms with Gasteiger partial charge in [-0.25, -0.2) is 4.98 Å². The second-order valence-corrected chi connectivity index (χ2v) is 5.04. The largest absolute Gasteiger partial charge is 0.435 e. The Morgan fingerprint density at radius 3 is 2.41 bits per heavy atom. The molecule has 3 heterocycles. The van der Waals surface area contributed by atoms with Crippen LogP contribution in [0, 0.1) is 6.92 Å². The zero-order chi connectivity index (χ0) is 16.8. The van der Waals surface area contributed by atoms with E-state index in [0.717, 1.165) is 12.3 Å². The van der Waals surface area contributed by atoms with Crippen LogP contribution in [0.25, 0.3) is 10.2 Å². The minimum atomic E-state index is -4.45. The first-order valence-electron chi connectivity index (χ1n) is 6.68. The number of hydrogen-bond acceptors (Lipinski definition) is 3. The Morgan fingerprint density at radius 1 is 1.23 bits per heavy atom. The van der Waals surface area contributed by atoms with Crippen molar-refractivity contribution in [1.29, 1.82) is 0 Å². The van der Waals surface area contributed by atoms with Crippen LogP contribution >= 0.6 is 11.3 Å². The second-order valence-electron chi connectivity index (χ2n) is 4.09. The van der Waals surface area contributed by atoms with Gasteiger partial charge in [-0.2, -0.15) is 13.2 Å². The summed E-state index contributed by atoms with van der Waals surface area (Å²) in [7, 11) is 0. The molecule has 0 saturated carbocycles. The second kappa shape index (κ2) is 7.84. The number of hydrogen-bond donors (Lipinski definition) is 2. The number of halogens is 3. The Kier molecular flexibility index (Phi) is 6.42. The zero-order valence-electron chi connectivity index (χ0n) is 12.5. The third kappa shape index (κ3) is 4.77. The van der Waals surface area contributed by atoms with Gasteiger partial charge in [0, 0.05) is 11.9 Å². The fourth-order valence-corrected chi connectivity index (χ4v) is 2.48. The van der Waals surface area contributed by atoms with E-state index in [4.69, 9.17) is 5.73 Å². The molecule has 3 nitrogen and oxygen atoms in total. The van der Waals surface area contributed by atoms with Gasteiger partial charge in [-0.15, -0.1) is 11.3 Å². The van der Waals surface area contributed by atoms with Crippen molar-refractivity contribution in [3.05, 3.63) is 47.2 Å². The van der Waals surface area contributed by atoms with Crippen molar-refractivity contribution in [1.82, 2.24) is 9.97 Å². The molecule has 120 valence electrons. The van der Waals surface area contributed by atoms with Crippen LogP contribution in [0.2, 0.25) is 0 Å². The summed E-state index contributed by atoms with van der Waals surface area (Å²) in [6.45, 7) is 6.08. The van der Waals surface area contributed by atoms with Crippen LogP contribution in [0.3, 0.4) is 0 Å². The van der Waals surface area contributed by atoms with Crippen LogP contribution in [0.1, 0.15) is 25.2 Å². The van der Waals surface area contributed by atoms with E-state index in [1.807, 2.05) is 13.8 Å². The van der Waals surface area contributed by atoms with Gasteiger partial charge in [0.25, 0.3) is 0 Å². The smallest absolute Gasteiger partial charge is 0.397 e. The third-order valence-corrected chi connectivity index (χ3v) is 3.35. The Balaban J connectivity index is 0.000000200. The number of nitrogens with zero attached hydrogens (tertiary/aromatic N) is 1. The molecule has 0 amide bonds. The molecule has 0 atom stereocenters. The molecule has 3 aromatic heterocycles. The number of nitrogens with two attached hydrogens (primary N) is 1. The Morgan fingerprint density at radius 2 is 1.91 bits per heavy atom. The maximum absolute atomic E-state index is 11.9. The number of thiophene rings is 1. The van der Waals surface area contributed by atoms with E-state index in [0.29, 0.717) is 0 Å². The molecule has 3 N–H and O–H groups in total. The standard InChI is InChI=1S/C7H7NS.C6H5F3N2.C2H6/c1-5-4-7-6(8-5)2-3-9-7;7-6(8,9)5-4(10)2-1-3-11-5;1-2/h2-4,8H,1H3;1-3H,10H2;1-2H3. The van der Waals surface area contributed by atoms with E-state index in [9.17, 15) is 13.2 Å². The number of aromatic nitrogens is 2. The average molecular weight is 329 g/mol. The Bertz CT molecular complexity index is 673. The van der Waals surface area contributed by atoms with Gasteiger partial charge in [-0.05, 0) is 36.6 Å². The molecule has 0 aromatic carbocycles. The predicted molar refractivity (Wildman–Crippen MR) is 85.9 cm³/mol. The van der Waals surface area contributed by atoms with Crippen LogP contribution in [-0.2, 0) is 6.18 Å². The molecule has 3 aromatic rings. The van der Waals surface area contributed by atoms with Gasteiger partial charge in [0.15, 0.2) is 5.69 Å². The molecule has 0 aliphatic rings. The van der Waals surface area contributed by atoms with E-state index in [2.05, 4.69) is 34.4 Å². The van der Waals surface area contributed by atoms with Gasteiger partial charge >= 0.3 is 6.18 Å². The summed E-state index contributed by atoms with van der Waals surface area (Å²) < 4.78 is 37.1. The van der Waals surface area contributed by atoms with Crippen LogP contribution in [0.15, 0.2) is 35.8 Å². The van der Waals surface area contributed by atoms with Gasteiger partial charge in [0.05, 0.1) is 15.9 Å². The normalized spacial score (nSPS) is 10.5. The molecular weight excluding hydrogens is 311 g/mol. The fourth-order valence-electron chi connectivity index (χ4n) is 1.64. The highest BCUT2D eigenvalue weighted by molar-refractivity contribution is 7.17. The summed E-state index contributed by atoms with van der Waals surface area (Å²) in [5.41, 5.74) is 6.16. The third-order valence-electron chi connectivity index (χ3n) is 2.48. The maximum atomic E-state index is 11.9. The van der Waals surface area contributed by atoms with E-state index < -0.39 is 11.9 Å². The number of anilines is 1. The highest BCUT2D eigenvalue weighted by atomic mass is 32.1. The van der Waals surface area contributed by atoms with Crippen molar-refractivity contribution in [3.8, 4) is 0 Å². The lowest BCUT2D eigenvalue weighted by Gasteiger charge is -2.06. The highest BCUT2D eigenvalue weighted by Gasteiger charge is 2.34. The molecule has 0 unspecified atom stereocenters. The maximum Gasteiger partial charge on any atom is 0.435 e. The lowest BCUT2D eigenvalue weighted by atomic mass is 10.3. The molecule has 0 bridgehead atoms. The monoisotopic (exact) mass is 329 g/mol. The van der Waals surface area contributed by atoms with Gasteiger partial charge in [-0.1, -0.05) is 13.8 Å². The topological polar surface area (TPSA) is 54.7 Å². The highest BCUT2D eigenvalue weighted by Crippen LogP contribution is 2.30. The van der Waals surface area contributed by atoms with E-state index in [1.54, 1.807) is 11.3 Å². The number of nitrogens with one attached hydrogen (secondary N) is 1. The first kappa shape index (κ1) is 18.0.